The summed E-state index contributed by atoms with van der Waals surface area (Å²) in [5, 5.41) is -0.0440. The van der Waals surface area contributed by atoms with Crippen molar-refractivity contribution in [2.75, 3.05) is 0 Å². The highest BCUT2D eigenvalue weighted by molar-refractivity contribution is 7.80. The first-order valence-corrected chi connectivity index (χ1v) is 1.57. The summed E-state index contributed by atoms with van der Waals surface area (Å²) in [6.07, 6.45) is 0. The van der Waals surface area contributed by atoms with Gasteiger partial charge in [0.05, 0.1) is 0 Å². The number of hydrogen-bond acceptors (Lipinski definition) is 1. The van der Waals surface area contributed by atoms with Gasteiger partial charge in [0.25, 0.3) is 0 Å². The average Bonchev–Trinajstić information content (AvgIpc) is 1.35. The molecule has 0 saturated heterocycles. The molecule has 0 heterocycles. The summed E-state index contributed by atoms with van der Waals surface area (Å²) < 4.78 is 0. The van der Waals surface area contributed by atoms with E-state index < -0.39 is 0 Å². The van der Waals surface area contributed by atoms with E-state index in [0.29, 0.717) is 0 Å². The van der Waals surface area contributed by atoms with Crippen molar-refractivity contribution in [3.05, 3.63) is 0 Å². The van der Waals surface area contributed by atoms with Crippen molar-refractivity contribution in [2.45, 2.75) is 0 Å². The molecule has 4 radical (unpaired) electrons. The summed E-state index contributed by atoms with van der Waals surface area (Å²) in [6, 6.07) is 0. The van der Waals surface area contributed by atoms with Crippen molar-refractivity contribution in [3.63, 3.8) is 0 Å². The van der Waals surface area contributed by atoms with Crippen LogP contribution in [-0.2, 0) is 0 Å². The molecule has 0 saturated carbocycles. The molecule has 0 rings (SSSR count). The summed E-state index contributed by atoms with van der Waals surface area (Å²) in [7, 11) is 0. The van der Waals surface area contributed by atoms with E-state index in [1.807, 2.05) is 5.43 Å². The highest BCUT2D eigenvalue weighted by Crippen LogP contribution is 1.45. The van der Waals surface area contributed by atoms with E-state index >= 15 is 0 Å². The van der Waals surface area contributed by atoms with Crippen LogP contribution in [0.5, 0.6) is 0 Å². The van der Waals surface area contributed by atoms with Gasteiger partial charge >= 0.3 is 11.4 Å². The molecular formula is CH3N4S+. The summed E-state index contributed by atoms with van der Waals surface area (Å²) in [6.45, 7) is 0. The Morgan fingerprint density at radius 2 is 2.50 bits per heavy atom. The van der Waals surface area contributed by atoms with Crippen LogP contribution in [0.15, 0.2) is 0 Å². The van der Waals surface area contributed by atoms with Gasteiger partial charge < -0.3 is 5.73 Å². The highest BCUT2D eigenvalue weighted by Gasteiger charge is 1.95. The van der Waals surface area contributed by atoms with Crippen LogP contribution < -0.4 is 22.5 Å². The maximum atomic E-state index is 7.58. The second-order valence-electron chi connectivity index (χ2n) is 0.576. The van der Waals surface area contributed by atoms with Crippen LogP contribution >= 0.6 is 12.2 Å². The van der Waals surface area contributed by atoms with E-state index in [0.717, 1.165) is 0 Å². The molecule has 3 N–H and O–H groups in total. The van der Waals surface area contributed by atoms with Crippen LogP contribution in [0.25, 0.3) is 0 Å². The molecular weight excluding hydrogens is 100 g/mol. The quantitative estimate of drug-likeness (QED) is 0.307. The van der Waals surface area contributed by atoms with Gasteiger partial charge in [0.2, 0.25) is 5.11 Å². The van der Waals surface area contributed by atoms with Crippen molar-refractivity contribution in [1.29, 1.82) is 0 Å². The third-order valence-corrected chi connectivity index (χ3v) is 0.251. The Balaban J connectivity index is 2.83. The minimum atomic E-state index is -0.0440. The minimum absolute atomic E-state index is 0.0440. The molecule has 0 fully saturated rings. The summed E-state index contributed by atoms with van der Waals surface area (Å²) in [5.74, 6) is 7.58. The van der Waals surface area contributed by atoms with Gasteiger partial charge in [-0.3, -0.25) is 0 Å². The normalized spacial score (nSPS) is 7.50. The van der Waals surface area contributed by atoms with E-state index in [9.17, 15) is 0 Å². The predicted molar refractivity (Wildman–Crippen MR) is 24.2 cm³/mol. The molecule has 0 aromatic heterocycles. The molecule has 6 heavy (non-hydrogen) atoms. The number of thiocarbonyl (C=S) groups is 1. The summed E-state index contributed by atoms with van der Waals surface area (Å²) in [4.78, 5) is 0. The molecule has 0 aliphatic heterocycles. The number of hydrogen-bond donors (Lipinski definition) is 2. The lowest BCUT2D eigenvalue weighted by Gasteiger charge is -1.74. The van der Waals surface area contributed by atoms with Crippen LogP contribution in [0.3, 0.4) is 0 Å². The Kier molecular flexibility index (Phi) is 2.64. The van der Waals surface area contributed by atoms with Crippen LogP contribution in [0, 0.1) is 0 Å². The summed E-state index contributed by atoms with van der Waals surface area (Å²) in [5.41, 5.74) is 9.09. The lowest BCUT2D eigenvalue weighted by Crippen LogP contribution is -2.34. The van der Waals surface area contributed by atoms with E-state index in [4.69, 9.17) is 11.6 Å². The molecule has 0 aliphatic carbocycles. The Labute approximate surface area is 40.8 Å². The first-order chi connectivity index (χ1) is 2.77. The maximum absolute atomic E-state index is 7.58. The lowest BCUT2D eigenvalue weighted by atomic mass is 11.2. The number of nitrogens with one attached hydrogen (secondary N) is 1. The van der Waals surface area contributed by atoms with E-state index in [2.05, 4.69) is 17.8 Å². The Morgan fingerprint density at radius 1 is 2.00 bits per heavy atom. The third kappa shape index (κ3) is 3.61. The van der Waals surface area contributed by atoms with Crippen LogP contribution in [0.4, 0.5) is 0 Å². The number of nitrogens with two attached hydrogens (primary N) is 1. The van der Waals surface area contributed by atoms with E-state index in [1.165, 1.54) is 0 Å². The average molecular weight is 103 g/mol. The molecule has 0 aromatic carbocycles. The highest BCUT2D eigenvalue weighted by atomic mass is 32.1. The smallest absolute Gasteiger partial charge is 0.372 e. The van der Waals surface area contributed by atoms with Gasteiger partial charge in [0.15, 0.2) is 0 Å². The number of nitrogens with zero attached hydrogens (tertiary/aromatic N) is 2. The molecule has 0 aromatic rings. The van der Waals surface area contributed by atoms with Gasteiger partial charge in [-0.2, -0.15) is 0 Å². The van der Waals surface area contributed by atoms with Gasteiger partial charge in [0.1, 0.15) is 0 Å². The van der Waals surface area contributed by atoms with Gasteiger partial charge in [-0.05, 0) is 12.2 Å². The minimum Gasteiger partial charge on any atom is -0.372 e. The Hall–Kier alpha value is -0.390. The standard InChI is InChI=1S/CH3N4S/c2-1(6)4-5-3/h(H3,2,4,6)/q+1. The summed E-state index contributed by atoms with van der Waals surface area (Å²) >= 11 is 4.21. The SMILES string of the molecule is [N][N+]NC(N)=S. The fraction of sp³-hybridized carbons (Fsp3) is 0. The molecule has 0 amide bonds. The van der Waals surface area contributed by atoms with Crippen molar-refractivity contribution >= 4 is 17.3 Å². The molecule has 0 atom stereocenters. The molecule has 0 bridgehead atoms. The second kappa shape index (κ2) is 2.83. The van der Waals surface area contributed by atoms with Gasteiger partial charge in [0, 0.05) is 0 Å². The molecule has 32 valence electrons. The fourth-order valence-corrected chi connectivity index (χ4v) is 0.0901. The van der Waals surface area contributed by atoms with Crippen molar-refractivity contribution in [3.8, 4) is 0 Å². The molecule has 0 aliphatic rings. The molecule has 4 nitrogen and oxygen atoms in total. The monoisotopic (exact) mass is 103 g/mol. The largest absolute Gasteiger partial charge is 0.384 e. The lowest BCUT2D eigenvalue weighted by molar-refractivity contribution is 0.655. The van der Waals surface area contributed by atoms with Crippen molar-refractivity contribution < 1.29 is 0 Å². The zero-order chi connectivity index (χ0) is 4.99. The van der Waals surface area contributed by atoms with Gasteiger partial charge in [-0.15, -0.1) is 0 Å². The maximum Gasteiger partial charge on any atom is 0.384 e. The Morgan fingerprint density at radius 3 is 2.50 bits per heavy atom. The topological polar surface area (TPSA) is 74.5 Å². The fourth-order valence-electron chi connectivity index (χ4n) is 0.0493. The van der Waals surface area contributed by atoms with Gasteiger partial charge in [-0.1, -0.05) is 5.43 Å². The van der Waals surface area contributed by atoms with Crippen LogP contribution in [-0.4, -0.2) is 5.11 Å². The van der Waals surface area contributed by atoms with Crippen LogP contribution in [0.2, 0.25) is 0 Å². The first kappa shape index (κ1) is 5.61. The molecule has 0 spiro atoms. The van der Waals surface area contributed by atoms with Crippen molar-refractivity contribution in [2.24, 2.45) is 5.73 Å². The zero-order valence-electron chi connectivity index (χ0n) is 2.88. The van der Waals surface area contributed by atoms with E-state index in [-0.39, 0.29) is 5.11 Å². The van der Waals surface area contributed by atoms with Crippen molar-refractivity contribution in [1.82, 2.24) is 16.8 Å². The Bertz CT molecular complexity index is 51.5. The zero-order valence-corrected chi connectivity index (χ0v) is 3.70. The van der Waals surface area contributed by atoms with Crippen LogP contribution in [0.1, 0.15) is 0 Å². The second-order valence-corrected chi connectivity index (χ2v) is 1.02. The molecule has 0 unspecified atom stereocenters. The third-order valence-electron chi connectivity index (χ3n) is 0.160. The van der Waals surface area contributed by atoms with Gasteiger partial charge in [-0.25, -0.2) is 0 Å². The molecule has 5 heteroatoms. The first-order valence-electron chi connectivity index (χ1n) is 1.17. The van der Waals surface area contributed by atoms with E-state index in [1.54, 1.807) is 0 Å². The number of rotatable bonds is 1. The predicted octanol–water partition coefficient (Wildman–Crippen LogP) is -1.68.